The molecule has 136 valence electrons. The van der Waals surface area contributed by atoms with Crippen LogP contribution in [0.15, 0.2) is 36.4 Å². The highest BCUT2D eigenvalue weighted by Gasteiger charge is 2.19. The lowest BCUT2D eigenvalue weighted by atomic mass is 9.86. The molecule has 0 unspecified atom stereocenters. The summed E-state index contributed by atoms with van der Waals surface area (Å²) in [5, 5.41) is 0. The molecule has 0 heterocycles. The standard InChI is InChI=1S/C22H31NO2/c1-16-8-10-19(22(2,3)4)21(13-16)25-15-18-14-17(7-6-12-23)9-11-20(18)24-5/h8-11,13-14H,6-7,12,15,23H2,1-5H3. The van der Waals surface area contributed by atoms with Crippen molar-refractivity contribution < 1.29 is 9.47 Å². The quantitative estimate of drug-likeness (QED) is 0.789. The van der Waals surface area contributed by atoms with Crippen molar-refractivity contribution in [3.63, 3.8) is 0 Å². The fraction of sp³-hybridized carbons (Fsp3) is 0.455. The Morgan fingerprint density at radius 1 is 1.00 bits per heavy atom. The van der Waals surface area contributed by atoms with E-state index in [-0.39, 0.29) is 5.41 Å². The molecule has 0 aliphatic heterocycles. The van der Waals surface area contributed by atoms with Gasteiger partial charge in [0.05, 0.1) is 7.11 Å². The number of rotatable bonds is 7. The van der Waals surface area contributed by atoms with Gasteiger partial charge in [-0.3, -0.25) is 0 Å². The molecule has 0 amide bonds. The van der Waals surface area contributed by atoms with E-state index in [0.29, 0.717) is 13.2 Å². The predicted octanol–water partition coefficient (Wildman–Crippen LogP) is 4.77. The predicted molar refractivity (Wildman–Crippen MR) is 105 cm³/mol. The third-order valence-corrected chi connectivity index (χ3v) is 4.34. The van der Waals surface area contributed by atoms with Crippen molar-refractivity contribution in [2.45, 2.75) is 52.6 Å². The Balaban J connectivity index is 2.24. The fourth-order valence-electron chi connectivity index (χ4n) is 2.93. The van der Waals surface area contributed by atoms with Gasteiger partial charge in [-0.25, -0.2) is 0 Å². The van der Waals surface area contributed by atoms with Crippen LogP contribution in [0.5, 0.6) is 11.5 Å². The van der Waals surface area contributed by atoms with Crippen LogP contribution in [0, 0.1) is 6.92 Å². The molecule has 0 saturated carbocycles. The van der Waals surface area contributed by atoms with Crippen molar-refractivity contribution in [3.05, 3.63) is 58.7 Å². The molecular weight excluding hydrogens is 310 g/mol. The number of benzene rings is 2. The van der Waals surface area contributed by atoms with Gasteiger partial charge >= 0.3 is 0 Å². The third-order valence-electron chi connectivity index (χ3n) is 4.34. The maximum atomic E-state index is 6.23. The number of hydrogen-bond donors (Lipinski definition) is 1. The molecule has 2 N–H and O–H groups in total. The minimum absolute atomic E-state index is 0.0378. The van der Waals surface area contributed by atoms with Crippen molar-refractivity contribution >= 4 is 0 Å². The van der Waals surface area contributed by atoms with Crippen molar-refractivity contribution in [1.82, 2.24) is 0 Å². The van der Waals surface area contributed by atoms with Gasteiger partial charge in [0.2, 0.25) is 0 Å². The Morgan fingerprint density at radius 2 is 1.76 bits per heavy atom. The summed E-state index contributed by atoms with van der Waals surface area (Å²) < 4.78 is 11.7. The van der Waals surface area contributed by atoms with Crippen LogP contribution in [-0.4, -0.2) is 13.7 Å². The lowest BCUT2D eigenvalue weighted by molar-refractivity contribution is 0.289. The van der Waals surface area contributed by atoms with E-state index in [1.54, 1.807) is 7.11 Å². The van der Waals surface area contributed by atoms with Crippen molar-refractivity contribution in [1.29, 1.82) is 0 Å². The van der Waals surface area contributed by atoms with Crippen LogP contribution in [-0.2, 0) is 18.4 Å². The molecule has 2 aromatic rings. The normalized spacial score (nSPS) is 11.4. The van der Waals surface area contributed by atoms with Crippen molar-refractivity contribution in [3.8, 4) is 11.5 Å². The van der Waals surface area contributed by atoms with E-state index < -0.39 is 0 Å². The number of ether oxygens (including phenoxy) is 2. The molecule has 0 spiro atoms. The van der Waals surface area contributed by atoms with Crippen LogP contribution in [0.3, 0.4) is 0 Å². The van der Waals surface area contributed by atoms with Gasteiger partial charge in [0.25, 0.3) is 0 Å². The largest absolute Gasteiger partial charge is 0.496 e. The molecule has 0 atom stereocenters. The minimum Gasteiger partial charge on any atom is -0.496 e. The Hall–Kier alpha value is -2.00. The molecule has 0 radical (unpaired) electrons. The van der Waals surface area contributed by atoms with E-state index in [1.165, 1.54) is 16.7 Å². The summed E-state index contributed by atoms with van der Waals surface area (Å²) in [6.07, 6.45) is 1.96. The highest BCUT2D eigenvalue weighted by atomic mass is 16.5. The van der Waals surface area contributed by atoms with Gasteiger partial charge < -0.3 is 15.2 Å². The topological polar surface area (TPSA) is 44.5 Å². The van der Waals surface area contributed by atoms with Gasteiger partial charge in [-0.05, 0) is 66.6 Å². The van der Waals surface area contributed by atoms with Gasteiger partial charge in [-0.2, -0.15) is 0 Å². The van der Waals surface area contributed by atoms with E-state index in [1.807, 2.05) is 6.07 Å². The third kappa shape index (κ3) is 5.23. The Morgan fingerprint density at radius 3 is 2.40 bits per heavy atom. The van der Waals surface area contributed by atoms with Gasteiger partial charge in [-0.15, -0.1) is 0 Å². The van der Waals surface area contributed by atoms with Crippen LogP contribution in [0.4, 0.5) is 0 Å². The molecule has 0 saturated heterocycles. The Kier molecular flexibility index (Phi) is 6.49. The van der Waals surface area contributed by atoms with Gasteiger partial charge in [0.15, 0.2) is 0 Å². The number of hydrogen-bond acceptors (Lipinski definition) is 3. The first-order valence-corrected chi connectivity index (χ1v) is 8.95. The second-order valence-electron chi connectivity index (χ2n) is 7.58. The zero-order valence-corrected chi connectivity index (χ0v) is 16.2. The van der Waals surface area contributed by atoms with Crippen LogP contribution >= 0.6 is 0 Å². The molecule has 3 heteroatoms. The molecule has 0 aliphatic rings. The van der Waals surface area contributed by atoms with Crippen LogP contribution in [0.1, 0.15) is 49.4 Å². The zero-order chi connectivity index (χ0) is 18.4. The number of nitrogens with two attached hydrogens (primary N) is 1. The lowest BCUT2D eigenvalue weighted by Crippen LogP contribution is -2.13. The minimum atomic E-state index is 0.0378. The average molecular weight is 341 g/mol. The Labute approximate surface area is 152 Å². The fourth-order valence-corrected chi connectivity index (χ4v) is 2.93. The summed E-state index contributed by atoms with van der Waals surface area (Å²) in [5.74, 6) is 1.81. The molecule has 2 aromatic carbocycles. The molecule has 0 aliphatic carbocycles. The summed E-state index contributed by atoms with van der Waals surface area (Å²) in [7, 11) is 1.70. The maximum absolute atomic E-state index is 6.23. The van der Waals surface area contributed by atoms with Gasteiger partial charge in [0, 0.05) is 5.56 Å². The number of aryl methyl sites for hydroxylation is 2. The molecule has 0 fully saturated rings. The Bertz CT molecular complexity index is 702. The summed E-state index contributed by atoms with van der Waals surface area (Å²) in [5.41, 5.74) is 10.4. The first kappa shape index (κ1) is 19.3. The van der Waals surface area contributed by atoms with E-state index in [0.717, 1.165) is 29.9 Å². The SMILES string of the molecule is COc1ccc(CCCN)cc1COc1cc(C)ccc1C(C)(C)C. The lowest BCUT2D eigenvalue weighted by Gasteiger charge is -2.23. The molecular formula is C22H31NO2. The van der Waals surface area contributed by atoms with Crippen molar-refractivity contribution in [2.24, 2.45) is 5.73 Å². The molecule has 0 bridgehead atoms. The summed E-state index contributed by atoms with van der Waals surface area (Å²) in [4.78, 5) is 0. The van der Waals surface area contributed by atoms with Crippen LogP contribution in [0.2, 0.25) is 0 Å². The van der Waals surface area contributed by atoms with E-state index in [4.69, 9.17) is 15.2 Å². The molecule has 0 aromatic heterocycles. The highest BCUT2D eigenvalue weighted by Crippen LogP contribution is 2.33. The van der Waals surface area contributed by atoms with E-state index in [9.17, 15) is 0 Å². The second kappa shape index (κ2) is 8.39. The zero-order valence-electron chi connectivity index (χ0n) is 16.2. The first-order valence-electron chi connectivity index (χ1n) is 8.95. The second-order valence-corrected chi connectivity index (χ2v) is 7.58. The van der Waals surface area contributed by atoms with Crippen LogP contribution < -0.4 is 15.2 Å². The molecule has 2 rings (SSSR count). The molecule has 3 nitrogen and oxygen atoms in total. The smallest absolute Gasteiger partial charge is 0.125 e. The summed E-state index contributed by atoms with van der Waals surface area (Å²) in [6, 6.07) is 12.7. The van der Waals surface area contributed by atoms with Crippen molar-refractivity contribution in [2.75, 3.05) is 13.7 Å². The highest BCUT2D eigenvalue weighted by molar-refractivity contribution is 5.42. The van der Waals surface area contributed by atoms with Crippen LogP contribution in [0.25, 0.3) is 0 Å². The first-order chi connectivity index (χ1) is 11.8. The van der Waals surface area contributed by atoms with Gasteiger partial charge in [0.1, 0.15) is 18.1 Å². The molecule has 25 heavy (non-hydrogen) atoms. The maximum Gasteiger partial charge on any atom is 0.125 e. The summed E-state index contributed by atoms with van der Waals surface area (Å²) in [6.45, 7) is 9.91. The van der Waals surface area contributed by atoms with E-state index >= 15 is 0 Å². The average Bonchev–Trinajstić information content (AvgIpc) is 2.57. The summed E-state index contributed by atoms with van der Waals surface area (Å²) >= 11 is 0. The monoisotopic (exact) mass is 341 g/mol. The number of methoxy groups -OCH3 is 1. The van der Waals surface area contributed by atoms with Gasteiger partial charge in [-0.1, -0.05) is 39.0 Å². The van der Waals surface area contributed by atoms with E-state index in [2.05, 4.69) is 58.0 Å².